The van der Waals surface area contributed by atoms with Crippen LogP contribution in [0.3, 0.4) is 0 Å². The minimum atomic E-state index is -3.59. The molecule has 1 unspecified atom stereocenters. The second-order valence-electron chi connectivity index (χ2n) is 5.40. The van der Waals surface area contributed by atoms with Crippen molar-refractivity contribution in [3.63, 3.8) is 0 Å². The Hall–Kier alpha value is -0.820. The highest BCUT2D eigenvalue weighted by atomic mass is 35.5. The van der Waals surface area contributed by atoms with Gasteiger partial charge in [-0.25, -0.2) is 8.42 Å². The number of nitrogens with two attached hydrogens (primary N) is 1. The average molecular weight is 333 g/mol. The molecule has 1 saturated heterocycles. The molecule has 1 heterocycles. The third-order valence-corrected chi connectivity index (χ3v) is 6.14. The summed E-state index contributed by atoms with van der Waals surface area (Å²) in [5.74, 6) is 0.687. The van der Waals surface area contributed by atoms with Gasteiger partial charge in [0.25, 0.3) is 0 Å². The van der Waals surface area contributed by atoms with Crippen molar-refractivity contribution in [1.29, 1.82) is 0 Å². The second-order valence-corrected chi connectivity index (χ2v) is 7.74. The topological polar surface area (TPSA) is 72.6 Å². The molecule has 1 atom stereocenters. The predicted molar refractivity (Wildman–Crippen MR) is 83.1 cm³/mol. The summed E-state index contributed by atoms with van der Waals surface area (Å²) in [5.41, 5.74) is 5.89. The van der Waals surface area contributed by atoms with Crippen LogP contribution in [0.1, 0.15) is 19.8 Å². The summed E-state index contributed by atoms with van der Waals surface area (Å²) < 4.78 is 32.1. The van der Waals surface area contributed by atoms with E-state index in [1.165, 1.54) is 17.5 Å². The van der Waals surface area contributed by atoms with Crippen molar-refractivity contribution in [2.45, 2.75) is 30.7 Å². The molecule has 2 N–H and O–H groups in total. The summed E-state index contributed by atoms with van der Waals surface area (Å²) >= 11 is 5.93. The van der Waals surface area contributed by atoms with E-state index in [-0.39, 0.29) is 10.9 Å². The number of nitrogens with zero attached hydrogens (tertiary/aromatic N) is 1. The Morgan fingerprint density at radius 1 is 1.38 bits per heavy atom. The van der Waals surface area contributed by atoms with E-state index in [4.69, 9.17) is 22.1 Å². The van der Waals surface area contributed by atoms with Crippen molar-refractivity contribution < 1.29 is 13.2 Å². The molecular weight excluding hydrogens is 312 g/mol. The Morgan fingerprint density at radius 3 is 2.52 bits per heavy atom. The van der Waals surface area contributed by atoms with Crippen LogP contribution >= 0.6 is 11.6 Å². The van der Waals surface area contributed by atoms with Crippen molar-refractivity contribution >= 4 is 21.6 Å². The average Bonchev–Trinajstić information content (AvgIpc) is 2.47. The van der Waals surface area contributed by atoms with E-state index in [0.29, 0.717) is 29.8 Å². The third kappa shape index (κ3) is 3.51. The van der Waals surface area contributed by atoms with Crippen molar-refractivity contribution in [2.24, 2.45) is 11.7 Å². The molecule has 1 fully saturated rings. The normalized spacial score (nSPS) is 19.4. The van der Waals surface area contributed by atoms with Gasteiger partial charge in [0, 0.05) is 24.2 Å². The molecule has 0 aromatic heterocycles. The van der Waals surface area contributed by atoms with E-state index >= 15 is 0 Å². The maximum absolute atomic E-state index is 12.8. The van der Waals surface area contributed by atoms with Crippen molar-refractivity contribution in [1.82, 2.24) is 4.31 Å². The highest BCUT2D eigenvalue weighted by Gasteiger charge is 2.32. The molecule has 21 heavy (non-hydrogen) atoms. The van der Waals surface area contributed by atoms with E-state index in [0.717, 1.165) is 12.8 Å². The summed E-state index contributed by atoms with van der Waals surface area (Å²) in [6.07, 6.45) is 1.56. The van der Waals surface area contributed by atoms with E-state index in [1.54, 1.807) is 12.1 Å². The fraction of sp³-hybridized carbons (Fsp3) is 0.571. The van der Waals surface area contributed by atoms with Crippen LogP contribution in [0.15, 0.2) is 23.1 Å². The second kappa shape index (κ2) is 6.52. The number of halogens is 1. The van der Waals surface area contributed by atoms with Gasteiger partial charge >= 0.3 is 0 Å². The van der Waals surface area contributed by atoms with Crippen LogP contribution in [0.4, 0.5) is 0 Å². The van der Waals surface area contributed by atoms with Gasteiger partial charge in [-0.1, -0.05) is 11.6 Å². The van der Waals surface area contributed by atoms with Crippen LogP contribution in [0.5, 0.6) is 5.75 Å². The number of methoxy groups -OCH3 is 1. The van der Waals surface area contributed by atoms with Crippen LogP contribution in [-0.2, 0) is 10.0 Å². The summed E-state index contributed by atoms with van der Waals surface area (Å²) in [4.78, 5) is 0.122. The minimum Gasteiger partial charge on any atom is -0.495 e. The lowest BCUT2D eigenvalue weighted by Gasteiger charge is -2.33. The molecule has 0 spiro atoms. The molecule has 1 aliphatic rings. The zero-order valence-corrected chi connectivity index (χ0v) is 13.8. The maximum Gasteiger partial charge on any atom is 0.246 e. The summed E-state index contributed by atoms with van der Waals surface area (Å²) in [7, 11) is -2.14. The summed E-state index contributed by atoms with van der Waals surface area (Å²) in [6.45, 7) is 2.92. The van der Waals surface area contributed by atoms with Gasteiger partial charge < -0.3 is 10.5 Å². The lowest BCUT2D eigenvalue weighted by Crippen LogP contribution is -2.42. The predicted octanol–water partition coefficient (Wildman–Crippen LogP) is 2.10. The molecule has 1 aliphatic heterocycles. The zero-order chi connectivity index (χ0) is 15.6. The van der Waals surface area contributed by atoms with E-state index in [9.17, 15) is 8.42 Å². The van der Waals surface area contributed by atoms with Gasteiger partial charge in [0.15, 0.2) is 0 Å². The standard InChI is InChI=1S/C14H21ClN2O3S/c1-10(16)11-5-7-17(8-6-11)21(18,19)14-9-12(15)3-4-13(14)20-2/h3-4,9-11H,5-8,16H2,1-2H3. The van der Waals surface area contributed by atoms with Gasteiger partial charge in [0.2, 0.25) is 10.0 Å². The minimum absolute atomic E-state index is 0.0931. The van der Waals surface area contributed by atoms with Gasteiger partial charge in [-0.05, 0) is 43.9 Å². The number of benzene rings is 1. The molecular formula is C14H21ClN2O3S. The molecule has 7 heteroatoms. The Morgan fingerprint density at radius 2 is 2.00 bits per heavy atom. The number of sulfonamides is 1. The number of hydrogen-bond donors (Lipinski definition) is 1. The smallest absolute Gasteiger partial charge is 0.246 e. The molecule has 5 nitrogen and oxygen atoms in total. The molecule has 1 aromatic rings. The first kappa shape index (κ1) is 16.5. The van der Waals surface area contributed by atoms with Crippen LogP contribution < -0.4 is 10.5 Å². The largest absolute Gasteiger partial charge is 0.495 e. The highest BCUT2D eigenvalue weighted by Crippen LogP contribution is 2.32. The monoisotopic (exact) mass is 332 g/mol. The van der Waals surface area contributed by atoms with E-state index in [1.807, 2.05) is 6.92 Å². The van der Waals surface area contributed by atoms with Crippen LogP contribution in [0.25, 0.3) is 0 Å². The SMILES string of the molecule is COc1ccc(Cl)cc1S(=O)(=O)N1CCC(C(C)N)CC1. The fourth-order valence-corrected chi connectivity index (χ4v) is 4.52. The first-order chi connectivity index (χ1) is 9.86. The van der Waals surface area contributed by atoms with Crippen molar-refractivity contribution in [3.8, 4) is 5.75 Å². The fourth-order valence-electron chi connectivity index (χ4n) is 2.63. The number of piperidine rings is 1. The molecule has 0 saturated carbocycles. The van der Waals surface area contributed by atoms with Gasteiger partial charge in [0.1, 0.15) is 10.6 Å². The molecule has 118 valence electrons. The van der Waals surface area contributed by atoms with Crippen LogP contribution in [0, 0.1) is 5.92 Å². The van der Waals surface area contributed by atoms with Gasteiger partial charge in [-0.2, -0.15) is 4.31 Å². The maximum atomic E-state index is 12.8. The Kier molecular flexibility index (Phi) is 5.14. The Bertz CT molecular complexity index is 596. The Balaban J connectivity index is 2.25. The van der Waals surface area contributed by atoms with E-state index < -0.39 is 10.0 Å². The molecule has 1 aromatic carbocycles. The van der Waals surface area contributed by atoms with Crippen molar-refractivity contribution in [3.05, 3.63) is 23.2 Å². The van der Waals surface area contributed by atoms with Crippen LogP contribution in [-0.4, -0.2) is 39.0 Å². The van der Waals surface area contributed by atoms with Crippen LogP contribution in [0.2, 0.25) is 5.02 Å². The lowest BCUT2D eigenvalue weighted by atomic mass is 9.92. The van der Waals surface area contributed by atoms with Crippen molar-refractivity contribution in [2.75, 3.05) is 20.2 Å². The molecule has 0 radical (unpaired) electrons. The van der Waals surface area contributed by atoms with Gasteiger partial charge in [-0.15, -0.1) is 0 Å². The zero-order valence-electron chi connectivity index (χ0n) is 12.3. The number of rotatable bonds is 4. The quantitative estimate of drug-likeness (QED) is 0.916. The lowest BCUT2D eigenvalue weighted by molar-refractivity contribution is 0.250. The first-order valence-electron chi connectivity index (χ1n) is 6.95. The van der Waals surface area contributed by atoms with E-state index in [2.05, 4.69) is 0 Å². The van der Waals surface area contributed by atoms with Gasteiger partial charge in [-0.3, -0.25) is 0 Å². The first-order valence-corrected chi connectivity index (χ1v) is 8.77. The number of hydrogen-bond acceptors (Lipinski definition) is 4. The third-order valence-electron chi connectivity index (χ3n) is 3.99. The molecule has 0 bridgehead atoms. The Labute approximate surface area is 131 Å². The highest BCUT2D eigenvalue weighted by molar-refractivity contribution is 7.89. The molecule has 0 aliphatic carbocycles. The van der Waals surface area contributed by atoms with Gasteiger partial charge in [0.05, 0.1) is 7.11 Å². The number of ether oxygens (including phenoxy) is 1. The molecule has 0 amide bonds. The summed E-state index contributed by atoms with van der Waals surface area (Å²) in [6, 6.07) is 4.72. The summed E-state index contributed by atoms with van der Waals surface area (Å²) in [5, 5.41) is 0.375. The molecule has 2 rings (SSSR count).